The molecule has 0 atom stereocenters. The molecule has 2 heterocycles. The van der Waals surface area contributed by atoms with E-state index in [0.29, 0.717) is 30.0 Å². The second-order valence-electron chi connectivity index (χ2n) is 9.51. The van der Waals surface area contributed by atoms with E-state index in [1.807, 2.05) is 0 Å². The number of benzene rings is 1. The van der Waals surface area contributed by atoms with Gasteiger partial charge in [0.05, 0.1) is 18.6 Å². The first-order valence-electron chi connectivity index (χ1n) is 12.1. The number of nitrogens with zero attached hydrogens (tertiary/aromatic N) is 6. The number of carbonyl (C=O) groups excluding carboxylic acids is 1. The number of rotatable bonds is 11. The summed E-state index contributed by atoms with van der Waals surface area (Å²) in [5.74, 6) is 0.284. The Kier molecular flexibility index (Phi) is 9.45. The van der Waals surface area contributed by atoms with Gasteiger partial charge in [-0.3, -0.25) is 9.69 Å². The van der Waals surface area contributed by atoms with E-state index >= 15 is 0 Å². The van der Waals surface area contributed by atoms with Crippen LogP contribution in [-0.2, 0) is 16.6 Å². The molecular weight excluding hydrogens is 484 g/mol. The number of methoxy groups -OCH3 is 1. The number of aryl methyl sites for hydroxylation is 2. The van der Waals surface area contributed by atoms with Crippen LogP contribution in [0.1, 0.15) is 40.5 Å². The summed E-state index contributed by atoms with van der Waals surface area (Å²) in [5, 5.41) is 3.86. The van der Waals surface area contributed by atoms with Gasteiger partial charge in [-0.25, -0.2) is 8.42 Å². The summed E-state index contributed by atoms with van der Waals surface area (Å²) in [6, 6.07) is 3.37. The van der Waals surface area contributed by atoms with Gasteiger partial charge in [0.2, 0.25) is 10.0 Å². The maximum Gasteiger partial charge on any atom is 0.316 e. The van der Waals surface area contributed by atoms with Crippen LogP contribution in [0.5, 0.6) is 5.75 Å². The third-order valence-electron chi connectivity index (χ3n) is 6.34. The minimum Gasteiger partial charge on any atom is -0.497 e. The molecule has 0 saturated carbocycles. The number of hydrogen-bond acceptors (Lipinski definition) is 9. The zero-order chi connectivity index (χ0) is 26.5. The average Bonchev–Trinajstić information content (AvgIpc) is 3.29. The number of piperazine rings is 1. The standard InChI is InChI=1S/C24H38N6O5S/c1-18-15-20(34-6)16-19(2)22(18)36(32,33)28(5)17-21-25-23(35-26-21)24(31)30-13-11-29(12-14-30)10-8-7-9-27(3)4/h15-16H,7-14,17H2,1-6H3. The fourth-order valence-corrected chi connectivity index (χ4v) is 5.88. The van der Waals surface area contributed by atoms with E-state index < -0.39 is 10.0 Å². The van der Waals surface area contributed by atoms with Gasteiger partial charge >= 0.3 is 11.8 Å². The maximum atomic E-state index is 13.2. The molecule has 0 radical (unpaired) electrons. The number of amides is 1. The van der Waals surface area contributed by atoms with Crippen molar-refractivity contribution in [1.82, 2.24) is 29.1 Å². The second kappa shape index (κ2) is 12.1. The molecule has 200 valence electrons. The van der Waals surface area contributed by atoms with E-state index in [2.05, 4.69) is 34.0 Å². The molecule has 1 aliphatic rings. The fraction of sp³-hybridized carbons (Fsp3) is 0.625. The van der Waals surface area contributed by atoms with Crippen LogP contribution in [0.2, 0.25) is 0 Å². The molecule has 0 N–H and O–H groups in total. The summed E-state index contributed by atoms with van der Waals surface area (Å²) in [5.41, 5.74) is 1.17. The van der Waals surface area contributed by atoms with Crippen LogP contribution in [0.25, 0.3) is 0 Å². The molecule has 2 aromatic rings. The van der Waals surface area contributed by atoms with Gasteiger partial charge in [-0.2, -0.15) is 9.29 Å². The van der Waals surface area contributed by atoms with Gasteiger partial charge in [0, 0.05) is 33.2 Å². The molecule has 1 aliphatic heterocycles. The Morgan fingerprint density at radius 2 is 1.72 bits per heavy atom. The molecule has 0 aliphatic carbocycles. The number of sulfonamides is 1. The number of aromatic nitrogens is 2. The van der Waals surface area contributed by atoms with Crippen LogP contribution in [0.15, 0.2) is 21.6 Å². The molecular formula is C24H38N6O5S. The van der Waals surface area contributed by atoms with Gasteiger partial charge in [-0.05, 0) is 77.1 Å². The highest BCUT2D eigenvalue weighted by Gasteiger charge is 2.29. The van der Waals surface area contributed by atoms with E-state index in [1.54, 1.807) is 30.9 Å². The van der Waals surface area contributed by atoms with E-state index in [9.17, 15) is 13.2 Å². The fourth-order valence-electron chi connectivity index (χ4n) is 4.35. The first-order chi connectivity index (χ1) is 17.0. The Hall–Kier alpha value is -2.54. The molecule has 1 fully saturated rings. The average molecular weight is 523 g/mol. The van der Waals surface area contributed by atoms with Crippen LogP contribution in [-0.4, -0.2) is 111 Å². The van der Waals surface area contributed by atoms with Gasteiger partial charge in [0.1, 0.15) is 5.75 Å². The Morgan fingerprint density at radius 3 is 2.31 bits per heavy atom. The molecule has 1 aromatic carbocycles. The highest BCUT2D eigenvalue weighted by atomic mass is 32.2. The van der Waals surface area contributed by atoms with E-state index in [0.717, 1.165) is 43.3 Å². The molecule has 1 amide bonds. The minimum atomic E-state index is -3.82. The van der Waals surface area contributed by atoms with Crippen LogP contribution < -0.4 is 4.74 Å². The number of hydrogen-bond donors (Lipinski definition) is 0. The van der Waals surface area contributed by atoms with Crippen LogP contribution in [0.3, 0.4) is 0 Å². The van der Waals surface area contributed by atoms with Gasteiger partial charge in [0.15, 0.2) is 5.82 Å². The summed E-state index contributed by atoms with van der Waals surface area (Å²) in [4.78, 5) is 23.5. The zero-order valence-electron chi connectivity index (χ0n) is 22.2. The summed E-state index contributed by atoms with van der Waals surface area (Å²) in [7, 11) is 3.32. The molecule has 0 unspecified atom stereocenters. The lowest BCUT2D eigenvalue weighted by Gasteiger charge is -2.34. The van der Waals surface area contributed by atoms with Crippen molar-refractivity contribution in [1.29, 1.82) is 0 Å². The van der Waals surface area contributed by atoms with E-state index in [-0.39, 0.29) is 29.1 Å². The molecule has 12 heteroatoms. The van der Waals surface area contributed by atoms with Crippen molar-refractivity contribution in [2.45, 2.75) is 38.1 Å². The largest absolute Gasteiger partial charge is 0.497 e. The predicted molar refractivity (Wildman–Crippen MR) is 136 cm³/mol. The van der Waals surface area contributed by atoms with Crippen molar-refractivity contribution in [2.24, 2.45) is 0 Å². The topological polar surface area (TPSA) is 112 Å². The highest BCUT2D eigenvalue weighted by molar-refractivity contribution is 7.89. The summed E-state index contributed by atoms with van der Waals surface area (Å²) < 4.78 is 38.1. The SMILES string of the molecule is COc1cc(C)c(S(=O)(=O)N(C)Cc2noc(C(=O)N3CCN(CCCCN(C)C)CC3)n2)c(C)c1. The van der Waals surface area contributed by atoms with Gasteiger partial charge in [-0.15, -0.1) is 0 Å². The van der Waals surface area contributed by atoms with E-state index in [1.165, 1.54) is 14.2 Å². The lowest BCUT2D eigenvalue weighted by Crippen LogP contribution is -2.49. The van der Waals surface area contributed by atoms with Crippen LogP contribution in [0.4, 0.5) is 0 Å². The van der Waals surface area contributed by atoms with Crippen molar-refractivity contribution in [3.63, 3.8) is 0 Å². The Labute approximate surface area is 214 Å². The molecule has 0 spiro atoms. The Bertz CT molecular complexity index is 1120. The smallest absolute Gasteiger partial charge is 0.316 e. The quantitative estimate of drug-likeness (QED) is 0.406. The van der Waals surface area contributed by atoms with Gasteiger partial charge in [0.25, 0.3) is 0 Å². The van der Waals surface area contributed by atoms with Crippen molar-refractivity contribution in [2.75, 3.05) is 67.5 Å². The van der Waals surface area contributed by atoms with Gasteiger partial charge in [-0.1, -0.05) is 5.16 Å². The third kappa shape index (κ3) is 6.81. The molecule has 36 heavy (non-hydrogen) atoms. The highest BCUT2D eigenvalue weighted by Crippen LogP contribution is 2.28. The predicted octanol–water partition coefficient (Wildman–Crippen LogP) is 1.62. The Balaban J connectivity index is 1.57. The van der Waals surface area contributed by atoms with Crippen molar-refractivity contribution >= 4 is 15.9 Å². The normalized spacial score (nSPS) is 15.2. The molecule has 1 saturated heterocycles. The lowest BCUT2D eigenvalue weighted by molar-refractivity contribution is 0.0587. The summed E-state index contributed by atoms with van der Waals surface area (Å²) in [6.07, 6.45) is 2.28. The van der Waals surface area contributed by atoms with Crippen molar-refractivity contribution < 1.29 is 22.5 Å². The molecule has 0 bridgehead atoms. The first-order valence-corrected chi connectivity index (χ1v) is 13.6. The van der Waals surface area contributed by atoms with Crippen LogP contribution >= 0.6 is 0 Å². The second-order valence-corrected chi connectivity index (χ2v) is 11.5. The zero-order valence-corrected chi connectivity index (χ0v) is 23.0. The minimum absolute atomic E-state index is 0.118. The van der Waals surface area contributed by atoms with Crippen molar-refractivity contribution in [3.8, 4) is 5.75 Å². The van der Waals surface area contributed by atoms with Crippen LogP contribution in [0, 0.1) is 13.8 Å². The molecule has 11 nitrogen and oxygen atoms in total. The monoisotopic (exact) mass is 522 g/mol. The summed E-state index contributed by atoms with van der Waals surface area (Å²) >= 11 is 0. The van der Waals surface area contributed by atoms with E-state index in [4.69, 9.17) is 9.26 Å². The first kappa shape index (κ1) is 28.0. The van der Waals surface area contributed by atoms with Gasteiger partial charge < -0.3 is 19.1 Å². The molecule has 1 aromatic heterocycles. The number of carbonyl (C=O) groups is 1. The molecule has 3 rings (SSSR count). The lowest BCUT2D eigenvalue weighted by atomic mass is 10.1. The van der Waals surface area contributed by atoms with Crippen molar-refractivity contribution in [3.05, 3.63) is 35.0 Å². The maximum absolute atomic E-state index is 13.2. The Morgan fingerprint density at radius 1 is 1.08 bits per heavy atom. The number of ether oxygens (including phenoxy) is 1. The number of unbranched alkanes of at least 4 members (excludes halogenated alkanes) is 1. The summed E-state index contributed by atoms with van der Waals surface area (Å²) in [6.45, 7) is 8.22. The third-order valence-corrected chi connectivity index (χ3v) is 8.45.